The number of aromatic nitrogens is 3. The van der Waals surface area contributed by atoms with Crippen LogP contribution in [0.2, 0.25) is 0 Å². The maximum atomic E-state index is 12.3. The first-order chi connectivity index (χ1) is 14.0. The summed E-state index contributed by atoms with van der Waals surface area (Å²) in [4.78, 5) is 30.8. The van der Waals surface area contributed by atoms with E-state index < -0.39 is 4.92 Å². The average molecular weight is 407 g/mol. The van der Waals surface area contributed by atoms with E-state index in [0.717, 1.165) is 20.8 Å². The largest absolute Gasteiger partial charge is 0.381 e. The van der Waals surface area contributed by atoms with E-state index in [2.05, 4.69) is 15.3 Å². The van der Waals surface area contributed by atoms with Gasteiger partial charge in [-0.2, -0.15) is 0 Å². The first kappa shape index (κ1) is 18.8. The summed E-state index contributed by atoms with van der Waals surface area (Å²) < 4.78 is 2.70. The molecule has 146 valence electrons. The van der Waals surface area contributed by atoms with E-state index in [9.17, 15) is 14.9 Å². The second-order valence-corrected chi connectivity index (χ2v) is 7.63. The van der Waals surface area contributed by atoms with Crippen LogP contribution in [0.3, 0.4) is 0 Å². The maximum absolute atomic E-state index is 12.3. The van der Waals surface area contributed by atoms with Gasteiger partial charge in [0.1, 0.15) is 11.2 Å². The Hall–Kier alpha value is -3.59. The number of nitro groups is 1. The Kier molecular flexibility index (Phi) is 5.05. The number of thiazole rings is 1. The van der Waals surface area contributed by atoms with E-state index in [1.54, 1.807) is 22.8 Å². The Labute approximate surface area is 170 Å². The Balaban J connectivity index is 1.40. The number of hydrogen-bond acceptors (Lipinski definition) is 6. The fourth-order valence-electron chi connectivity index (χ4n) is 2.94. The molecule has 0 aliphatic carbocycles. The van der Waals surface area contributed by atoms with Gasteiger partial charge in [-0.1, -0.05) is 12.1 Å². The number of fused-ring (bicyclic) bond motifs is 1. The lowest BCUT2D eigenvalue weighted by atomic mass is 10.2. The predicted molar refractivity (Wildman–Crippen MR) is 112 cm³/mol. The summed E-state index contributed by atoms with van der Waals surface area (Å²) in [6.45, 7) is 1.81. The molecule has 8 nitrogen and oxygen atoms in total. The molecule has 0 spiro atoms. The van der Waals surface area contributed by atoms with Gasteiger partial charge in [-0.05, 0) is 53.2 Å². The van der Waals surface area contributed by atoms with Crippen molar-refractivity contribution in [2.45, 2.75) is 19.4 Å². The summed E-state index contributed by atoms with van der Waals surface area (Å²) >= 11 is 1.63. The lowest BCUT2D eigenvalue weighted by molar-refractivity contribution is -0.389. The standard InChI is InChI=1S/C20H17N5O3S/c1-13(24-11-18(21-12-24)25(27)28)10-19(26)22-15-8-6-14(7-9-15)20-23-16-4-2-3-5-17(16)29-20/h2-9,11-13H,10H2,1H3,(H,22,26). The molecule has 1 atom stereocenters. The van der Waals surface area contributed by atoms with Crippen molar-refractivity contribution in [1.29, 1.82) is 0 Å². The topological polar surface area (TPSA) is 103 Å². The second-order valence-electron chi connectivity index (χ2n) is 6.60. The van der Waals surface area contributed by atoms with Gasteiger partial charge in [-0.3, -0.25) is 4.79 Å². The number of carbonyl (C=O) groups is 1. The van der Waals surface area contributed by atoms with Gasteiger partial charge in [-0.25, -0.2) is 4.98 Å². The van der Waals surface area contributed by atoms with Crippen molar-refractivity contribution in [1.82, 2.24) is 14.5 Å². The molecule has 2 aromatic carbocycles. The van der Waals surface area contributed by atoms with Crippen molar-refractivity contribution in [3.05, 3.63) is 71.2 Å². The number of benzene rings is 2. The molecule has 4 rings (SSSR count). The van der Waals surface area contributed by atoms with Crippen molar-refractivity contribution in [2.75, 3.05) is 5.32 Å². The van der Waals surface area contributed by atoms with Crippen LogP contribution in [0, 0.1) is 10.1 Å². The predicted octanol–water partition coefficient (Wildman–Crippen LogP) is 4.66. The van der Waals surface area contributed by atoms with Crippen molar-refractivity contribution >= 4 is 39.0 Å². The Morgan fingerprint density at radius 2 is 2.00 bits per heavy atom. The average Bonchev–Trinajstić information content (AvgIpc) is 3.36. The molecule has 9 heteroatoms. The molecular weight excluding hydrogens is 390 g/mol. The monoisotopic (exact) mass is 407 g/mol. The molecule has 0 aliphatic heterocycles. The number of amides is 1. The molecular formula is C20H17N5O3S. The highest BCUT2D eigenvalue weighted by Crippen LogP contribution is 2.30. The van der Waals surface area contributed by atoms with Crippen LogP contribution in [0.15, 0.2) is 61.1 Å². The van der Waals surface area contributed by atoms with Gasteiger partial charge in [0.2, 0.25) is 12.2 Å². The summed E-state index contributed by atoms with van der Waals surface area (Å²) in [5.74, 6) is -0.413. The third-order valence-electron chi connectivity index (χ3n) is 4.47. The molecule has 0 saturated heterocycles. The van der Waals surface area contributed by atoms with Crippen LogP contribution in [0.5, 0.6) is 0 Å². The van der Waals surface area contributed by atoms with Crippen LogP contribution in [0.4, 0.5) is 11.5 Å². The molecule has 0 aliphatic rings. The van der Waals surface area contributed by atoms with Crippen LogP contribution in [-0.2, 0) is 4.79 Å². The minimum Gasteiger partial charge on any atom is -0.358 e. The van der Waals surface area contributed by atoms with E-state index >= 15 is 0 Å². The highest BCUT2D eigenvalue weighted by atomic mass is 32.1. The molecule has 0 saturated carbocycles. The van der Waals surface area contributed by atoms with Gasteiger partial charge < -0.3 is 20.0 Å². The van der Waals surface area contributed by atoms with Crippen molar-refractivity contribution in [3.63, 3.8) is 0 Å². The van der Waals surface area contributed by atoms with Gasteiger partial charge in [-0.15, -0.1) is 11.3 Å². The molecule has 2 aromatic heterocycles. The fraction of sp³-hybridized carbons (Fsp3) is 0.150. The van der Waals surface area contributed by atoms with Gasteiger partial charge >= 0.3 is 5.82 Å². The highest BCUT2D eigenvalue weighted by molar-refractivity contribution is 7.21. The third kappa shape index (κ3) is 4.14. The zero-order valence-electron chi connectivity index (χ0n) is 15.5. The second kappa shape index (κ2) is 7.80. The number of hydrogen-bond donors (Lipinski definition) is 1. The molecule has 2 heterocycles. The summed E-state index contributed by atoms with van der Waals surface area (Å²) in [5, 5.41) is 14.5. The summed E-state index contributed by atoms with van der Waals surface area (Å²) in [5.41, 5.74) is 2.64. The zero-order valence-corrected chi connectivity index (χ0v) is 16.3. The smallest absolute Gasteiger partial charge is 0.358 e. The van der Waals surface area contributed by atoms with Gasteiger partial charge in [0, 0.05) is 23.7 Å². The van der Waals surface area contributed by atoms with Crippen LogP contribution in [0.25, 0.3) is 20.8 Å². The number of rotatable bonds is 6. The number of imidazole rings is 1. The molecule has 1 amide bonds. The van der Waals surface area contributed by atoms with Crippen molar-refractivity contribution in [2.24, 2.45) is 0 Å². The molecule has 4 aromatic rings. The summed E-state index contributed by atoms with van der Waals surface area (Å²) in [7, 11) is 0. The van der Waals surface area contributed by atoms with Crippen LogP contribution >= 0.6 is 11.3 Å². The number of nitrogens with one attached hydrogen (secondary N) is 1. The number of anilines is 1. The third-order valence-corrected chi connectivity index (χ3v) is 5.56. The Bertz CT molecular complexity index is 1150. The van der Waals surface area contributed by atoms with E-state index in [0.29, 0.717) is 5.69 Å². The molecule has 29 heavy (non-hydrogen) atoms. The molecule has 0 radical (unpaired) electrons. The van der Waals surface area contributed by atoms with Crippen LogP contribution < -0.4 is 5.32 Å². The first-order valence-corrected chi connectivity index (χ1v) is 9.75. The lowest BCUT2D eigenvalue weighted by Gasteiger charge is -2.12. The number of para-hydroxylation sites is 1. The lowest BCUT2D eigenvalue weighted by Crippen LogP contribution is -2.16. The summed E-state index contributed by atoms with van der Waals surface area (Å²) in [6, 6.07) is 15.3. The van der Waals surface area contributed by atoms with E-state index in [1.807, 2.05) is 48.5 Å². The van der Waals surface area contributed by atoms with E-state index in [4.69, 9.17) is 0 Å². The Morgan fingerprint density at radius 1 is 1.24 bits per heavy atom. The minimum atomic E-state index is -0.559. The van der Waals surface area contributed by atoms with Crippen molar-refractivity contribution < 1.29 is 9.72 Å². The molecule has 0 bridgehead atoms. The van der Waals surface area contributed by atoms with Gasteiger partial charge in [0.05, 0.1) is 10.2 Å². The Morgan fingerprint density at radius 3 is 2.69 bits per heavy atom. The molecule has 1 unspecified atom stereocenters. The molecule has 1 N–H and O–H groups in total. The highest BCUT2D eigenvalue weighted by Gasteiger charge is 2.16. The minimum absolute atomic E-state index is 0.174. The molecule has 0 fully saturated rings. The normalized spacial score (nSPS) is 12.0. The van der Waals surface area contributed by atoms with Gasteiger partial charge in [0.25, 0.3) is 0 Å². The fourth-order valence-corrected chi connectivity index (χ4v) is 3.91. The van der Waals surface area contributed by atoms with Crippen LogP contribution in [0.1, 0.15) is 19.4 Å². The number of nitrogens with zero attached hydrogens (tertiary/aromatic N) is 4. The quantitative estimate of drug-likeness (QED) is 0.370. The van der Waals surface area contributed by atoms with Crippen LogP contribution in [-0.4, -0.2) is 25.4 Å². The maximum Gasteiger partial charge on any atom is 0.381 e. The first-order valence-electron chi connectivity index (χ1n) is 8.93. The summed E-state index contributed by atoms with van der Waals surface area (Å²) in [6.07, 6.45) is 2.86. The van der Waals surface area contributed by atoms with Crippen molar-refractivity contribution in [3.8, 4) is 10.6 Å². The van der Waals surface area contributed by atoms with E-state index in [-0.39, 0.29) is 24.2 Å². The SMILES string of the molecule is CC(CC(=O)Nc1ccc(-c2nc3ccccc3s2)cc1)n1cnc([N+](=O)[O-])c1. The van der Waals surface area contributed by atoms with E-state index in [1.165, 1.54) is 12.5 Å². The van der Waals surface area contributed by atoms with Gasteiger partial charge in [0.15, 0.2) is 0 Å². The number of carbonyl (C=O) groups excluding carboxylic acids is 1. The zero-order chi connectivity index (χ0) is 20.4.